The summed E-state index contributed by atoms with van der Waals surface area (Å²) in [5, 5.41) is 8.57. The van der Waals surface area contributed by atoms with E-state index in [4.69, 9.17) is 14.6 Å². The van der Waals surface area contributed by atoms with Crippen LogP contribution in [-0.2, 0) is 4.74 Å². The predicted molar refractivity (Wildman–Crippen MR) is 57.5 cm³/mol. The first-order chi connectivity index (χ1) is 7.77. The van der Waals surface area contributed by atoms with Crippen molar-refractivity contribution < 1.29 is 19.0 Å². The fourth-order valence-corrected chi connectivity index (χ4v) is 1.04. The van der Waals surface area contributed by atoms with Gasteiger partial charge in [0.25, 0.3) is 0 Å². The molecule has 3 nitrogen and oxygen atoms in total. The first-order valence-electron chi connectivity index (χ1n) is 4.87. The molecule has 0 aliphatic heterocycles. The minimum Gasteiger partial charge on any atom is -0.466 e. The number of halogens is 1. The Bertz CT molecular complexity index is 393. The molecule has 0 aliphatic rings. The largest absolute Gasteiger partial charge is 0.466 e. The molecule has 1 aromatic rings. The molecule has 1 N–H and O–H groups in total. The molecule has 0 bridgehead atoms. The second kappa shape index (κ2) is 6.83. The van der Waals surface area contributed by atoms with Crippen LogP contribution in [-0.4, -0.2) is 25.1 Å². The van der Waals surface area contributed by atoms with Crippen LogP contribution in [0.25, 0.3) is 0 Å². The lowest BCUT2D eigenvalue weighted by Crippen LogP contribution is -2.03. The molecule has 16 heavy (non-hydrogen) atoms. The van der Waals surface area contributed by atoms with Crippen LogP contribution in [0.2, 0.25) is 0 Å². The Balaban J connectivity index is 2.81. The average Bonchev–Trinajstić information content (AvgIpc) is 2.28. The van der Waals surface area contributed by atoms with Gasteiger partial charge in [0.05, 0.1) is 5.56 Å². The van der Waals surface area contributed by atoms with Gasteiger partial charge in [0, 0.05) is 12.7 Å². The molecule has 4 heteroatoms. The van der Waals surface area contributed by atoms with Crippen molar-refractivity contribution in [1.82, 2.24) is 0 Å². The number of ether oxygens (including phenoxy) is 2. The second-order valence-corrected chi connectivity index (χ2v) is 2.86. The summed E-state index contributed by atoms with van der Waals surface area (Å²) < 4.78 is 23.2. The van der Waals surface area contributed by atoms with E-state index >= 15 is 0 Å². The smallest absolute Gasteiger partial charge is 0.189 e. The van der Waals surface area contributed by atoms with Crippen molar-refractivity contribution in [3.8, 4) is 17.6 Å². The number of hydrogen-bond acceptors (Lipinski definition) is 3. The van der Waals surface area contributed by atoms with Crippen LogP contribution < -0.4 is 4.74 Å². The Labute approximate surface area is 93.8 Å². The maximum Gasteiger partial charge on any atom is 0.189 e. The van der Waals surface area contributed by atoms with Gasteiger partial charge in [-0.25, -0.2) is 4.39 Å². The van der Waals surface area contributed by atoms with E-state index in [1.165, 1.54) is 18.2 Å². The Morgan fingerprint density at radius 3 is 2.94 bits per heavy atom. The third kappa shape index (κ3) is 3.89. The molecule has 0 fully saturated rings. The third-order valence-electron chi connectivity index (χ3n) is 1.75. The van der Waals surface area contributed by atoms with Gasteiger partial charge in [0.15, 0.2) is 6.79 Å². The standard InChI is InChI=1S/C12H13FO3/c1-2-15-9-16-12-8-11(13)6-5-10(12)4-3-7-14/h5-6,8,14H,2,7,9H2,1H3. The minimum atomic E-state index is -0.402. The van der Waals surface area contributed by atoms with Crippen molar-refractivity contribution in [2.45, 2.75) is 6.92 Å². The summed E-state index contributed by atoms with van der Waals surface area (Å²) in [4.78, 5) is 0. The molecule has 0 aliphatic carbocycles. The normalized spacial score (nSPS) is 9.44. The molecule has 0 radical (unpaired) electrons. The molecule has 0 spiro atoms. The summed E-state index contributed by atoms with van der Waals surface area (Å²) in [7, 11) is 0. The van der Waals surface area contributed by atoms with Crippen molar-refractivity contribution in [2.24, 2.45) is 0 Å². The molecule has 0 saturated carbocycles. The van der Waals surface area contributed by atoms with Gasteiger partial charge in [-0.1, -0.05) is 11.8 Å². The lowest BCUT2D eigenvalue weighted by Gasteiger charge is -2.07. The molecule has 0 heterocycles. The quantitative estimate of drug-likeness (QED) is 0.479. The number of rotatable bonds is 4. The summed E-state index contributed by atoms with van der Waals surface area (Å²) in [6.07, 6.45) is 0. The van der Waals surface area contributed by atoms with Crippen molar-refractivity contribution in [2.75, 3.05) is 20.0 Å². The fraction of sp³-hybridized carbons (Fsp3) is 0.333. The van der Waals surface area contributed by atoms with Crippen LogP contribution in [0, 0.1) is 17.7 Å². The molecule has 0 aromatic heterocycles. The Morgan fingerprint density at radius 2 is 2.25 bits per heavy atom. The molecule has 0 atom stereocenters. The summed E-state index contributed by atoms with van der Waals surface area (Å²) in [5.74, 6) is 5.06. The average molecular weight is 224 g/mol. The molecular formula is C12H13FO3. The van der Waals surface area contributed by atoms with E-state index in [1.807, 2.05) is 6.92 Å². The Hall–Kier alpha value is -1.57. The van der Waals surface area contributed by atoms with E-state index in [0.717, 1.165) is 0 Å². The minimum absolute atomic E-state index is 0.0494. The number of hydrogen-bond donors (Lipinski definition) is 1. The van der Waals surface area contributed by atoms with Gasteiger partial charge in [0.2, 0.25) is 0 Å². The van der Waals surface area contributed by atoms with Crippen LogP contribution in [0.1, 0.15) is 12.5 Å². The number of aliphatic hydroxyl groups excluding tert-OH is 1. The van der Waals surface area contributed by atoms with E-state index in [1.54, 1.807) is 0 Å². The maximum atomic E-state index is 13.0. The monoisotopic (exact) mass is 224 g/mol. The van der Waals surface area contributed by atoms with E-state index in [0.29, 0.717) is 17.9 Å². The maximum absolute atomic E-state index is 13.0. The SMILES string of the molecule is CCOCOc1cc(F)ccc1C#CCO. The van der Waals surface area contributed by atoms with Gasteiger partial charge in [-0.15, -0.1) is 0 Å². The van der Waals surface area contributed by atoms with Crippen LogP contribution in [0.5, 0.6) is 5.75 Å². The van der Waals surface area contributed by atoms with Crippen molar-refractivity contribution in [1.29, 1.82) is 0 Å². The number of aliphatic hydroxyl groups is 1. The van der Waals surface area contributed by atoms with E-state index < -0.39 is 5.82 Å². The van der Waals surface area contributed by atoms with Crippen LogP contribution in [0.15, 0.2) is 18.2 Å². The fourth-order valence-electron chi connectivity index (χ4n) is 1.04. The van der Waals surface area contributed by atoms with Gasteiger partial charge in [-0.05, 0) is 19.1 Å². The lowest BCUT2D eigenvalue weighted by atomic mass is 10.2. The second-order valence-electron chi connectivity index (χ2n) is 2.86. The zero-order valence-corrected chi connectivity index (χ0v) is 9.00. The third-order valence-corrected chi connectivity index (χ3v) is 1.75. The van der Waals surface area contributed by atoms with E-state index in [-0.39, 0.29) is 13.4 Å². The summed E-state index contributed by atoms with van der Waals surface area (Å²) in [6, 6.07) is 4.02. The highest BCUT2D eigenvalue weighted by Crippen LogP contribution is 2.18. The molecule has 1 aromatic carbocycles. The van der Waals surface area contributed by atoms with E-state index in [9.17, 15) is 4.39 Å². The first-order valence-corrected chi connectivity index (χ1v) is 4.87. The molecule has 1 rings (SSSR count). The highest BCUT2D eigenvalue weighted by atomic mass is 19.1. The van der Waals surface area contributed by atoms with Gasteiger partial charge in [-0.3, -0.25) is 0 Å². The van der Waals surface area contributed by atoms with Gasteiger partial charge in [-0.2, -0.15) is 0 Å². The van der Waals surface area contributed by atoms with Crippen molar-refractivity contribution in [3.05, 3.63) is 29.6 Å². The lowest BCUT2D eigenvalue weighted by molar-refractivity contribution is 0.0221. The van der Waals surface area contributed by atoms with Crippen LogP contribution in [0.3, 0.4) is 0 Å². The zero-order valence-electron chi connectivity index (χ0n) is 9.00. The number of benzene rings is 1. The summed E-state index contributed by atoms with van der Waals surface area (Å²) >= 11 is 0. The predicted octanol–water partition coefficient (Wildman–Crippen LogP) is 1.54. The van der Waals surface area contributed by atoms with Crippen LogP contribution >= 0.6 is 0 Å². The zero-order chi connectivity index (χ0) is 11.8. The van der Waals surface area contributed by atoms with Crippen molar-refractivity contribution >= 4 is 0 Å². The Kier molecular flexibility index (Phi) is 5.34. The van der Waals surface area contributed by atoms with Crippen LogP contribution in [0.4, 0.5) is 4.39 Å². The molecule has 86 valence electrons. The molecule has 0 unspecified atom stereocenters. The summed E-state index contributed by atoms with van der Waals surface area (Å²) in [6.45, 7) is 2.16. The van der Waals surface area contributed by atoms with Crippen molar-refractivity contribution in [3.63, 3.8) is 0 Å². The summed E-state index contributed by atoms with van der Waals surface area (Å²) in [5.41, 5.74) is 0.523. The van der Waals surface area contributed by atoms with Gasteiger partial charge in [0.1, 0.15) is 18.2 Å². The first kappa shape index (κ1) is 12.5. The molecule has 0 saturated heterocycles. The molecular weight excluding hydrogens is 211 g/mol. The topological polar surface area (TPSA) is 38.7 Å². The van der Waals surface area contributed by atoms with E-state index in [2.05, 4.69) is 11.8 Å². The Morgan fingerprint density at radius 1 is 1.44 bits per heavy atom. The van der Waals surface area contributed by atoms with Gasteiger partial charge < -0.3 is 14.6 Å². The highest BCUT2D eigenvalue weighted by Gasteiger charge is 2.03. The molecule has 0 amide bonds. The van der Waals surface area contributed by atoms with Gasteiger partial charge >= 0.3 is 0 Å². The highest BCUT2D eigenvalue weighted by molar-refractivity contribution is 5.46.